The van der Waals surface area contributed by atoms with E-state index in [4.69, 9.17) is 5.11 Å². The minimum absolute atomic E-state index is 0.0488. The average molecular weight is 154 g/mol. The Morgan fingerprint density at radius 2 is 2.00 bits per heavy atom. The molecule has 0 aliphatic heterocycles. The van der Waals surface area contributed by atoms with E-state index in [1.807, 2.05) is 18.2 Å². The third kappa shape index (κ3) is 1.43. The lowest BCUT2D eigenvalue weighted by Gasteiger charge is -1.96. The number of benzene rings is 1. The zero-order chi connectivity index (χ0) is 6.69. The maximum absolute atomic E-state index is 9.17. The Morgan fingerprint density at radius 3 is 2.44 bits per heavy atom. The van der Waals surface area contributed by atoms with Crippen molar-refractivity contribution in [2.45, 2.75) is 0 Å². The zero-order valence-corrected chi connectivity index (χ0v) is 8.88. The monoisotopic (exact) mass is 154 g/mol. The van der Waals surface area contributed by atoms with E-state index in [0.717, 1.165) is 0 Å². The molecule has 0 spiro atoms. The summed E-state index contributed by atoms with van der Waals surface area (Å²) < 4.78 is 0. The van der Waals surface area contributed by atoms with Crippen molar-refractivity contribution in [3.05, 3.63) is 24.3 Å². The fraction of sp³-hybridized carbons (Fsp3) is 0. The van der Waals surface area contributed by atoms with Crippen molar-refractivity contribution in [2.24, 2.45) is 0 Å². The molecular formula is C6H10OSi2. The van der Waals surface area contributed by atoms with E-state index in [0.29, 0.717) is 5.75 Å². The van der Waals surface area contributed by atoms with Gasteiger partial charge in [-0.05, 0) is 21.0 Å². The normalized spacial score (nSPS) is 11.1. The van der Waals surface area contributed by atoms with Crippen LogP contribution in [0.3, 0.4) is 0 Å². The highest BCUT2D eigenvalue weighted by atomic mass is 29.1. The molecule has 0 aliphatic carbocycles. The van der Waals surface area contributed by atoms with Crippen molar-refractivity contribution < 1.29 is 5.11 Å². The standard InChI is InChI=1S/C6H10OSi2/c7-5-3-1-2-4-6(5)9-8/h1-4,7H,9H2,8H3. The lowest BCUT2D eigenvalue weighted by Crippen LogP contribution is -2.13. The van der Waals surface area contributed by atoms with Crippen LogP contribution in [0.5, 0.6) is 5.75 Å². The summed E-state index contributed by atoms with van der Waals surface area (Å²) in [5.41, 5.74) is 0. The molecule has 0 aliphatic rings. The van der Waals surface area contributed by atoms with Crippen LogP contribution in [-0.4, -0.2) is 23.9 Å². The number of rotatable bonds is 1. The summed E-state index contributed by atoms with van der Waals surface area (Å²) in [4.78, 5) is 0. The molecule has 1 nitrogen and oxygen atoms in total. The van der Waals surface area contributed by atoms with Crippen LogP contribution in [0.1, 0.15) is 0 Å². The van der Waals surface area contributed by atoms with Crippen LogP contribution < -0.4 is 5.19 Å². The predicted octanol–water partition coefficient (Wildman–Crippen LogP) is -1.53. The first-order chi connectivity index (χ1) is 4.34. The number of hydrogen-bond acceptors (Lipinski definition) is 1. The lowest BCUT2D eigenvalue weighted by atomic mass is 10.3. The highest BCUT2D eigenvalue weighted by molar-refractivity contribution is 6.98. The SMILES string of the molecule is Oc1ccccc1[SiH2][SiH3]. The van der Waals surface area contributed by atoms with E-state index in [1.54, 1.807) is 6.07 Å². The molecule has 0 bridgehead atoms. The van der Waals surface area contributed by atoms with E-state index in [1.165, 1.54) is 14.9 Å². The number of phenolic OH excluding ortho intramolecular Hbond substituents is 1. The third-order valence-electron chi connectivity index (χ3n) is 1.37. The quantitative estimate of drug-likeness (QED) is 0.487. The van der Waals surface area contributed by atoms with Gasteiger partial charge in [-0.15, -0.1) is 0 Å². The van der Waals surface area contributed by atoms with Gasteiger partial charge in [-0.25, -0.2) is 0 Å². The van der Waals surface area contributed by atoms with E-state index < -0.39 is 0 Å². The maximum atomic E-state index is 9.17. The molecule has 9 heavy (non-hydrogen) atoms. The Morgan fingerprint density at radius 1 is 1.33 bits per heavy atom. The lowest BCUT2D eigenvalue weighted by molar-refractivity contribution is 0.479. The molecule has 1 aromatic carbocycles. The smallest absolute Gasteiger partial charge is 0.113 e. The molecule has 0 unspecified atom stereocenters. The van der Waals surface area contributed by atoms with Crippen LogP contribution >= 0.6 is 0 Å². The summed E-state index contributed by atoms with van der Waals surface area (Å²) in [6, 6.07) is 7.64. The highest BCUT2D eigenvalue weighted by Crippen LogP contribution is 2.00. The molecule has 0 fully saturated rings. The van der Waals surface area contributed by atoms with Gasteiger partial charge in [0.25, 0.3) is 0 Å². The van der Waals surface area contributed by atoms with E-state index in [-0.39, 0.29) is 9.04 Å². The van der Waals surface area contributed by atoms with E-state index in [2.05, 4.69) is 0 Å². The molecule has 3 heteroatoms. The number of para-hydroxylation sites is 1. The van der Waals surface area contributed by atoms with Gasteiger partial charge in [0.1, 0.15) is 5.75 Å². The first kappa shape index (κ1) is 6.57. The highest BCUT2D eigenvalue weighted by Gasteiger charge is 1.92. The Kier molecular flexibility index (Phi) is 2.07. The fourth-order valence-corrected chi connectivity index (χ4v) is 3.46. The van der Waals surface area contributed by atoms with Gasteiger partial charge in [0.05, 0.1) is 0 Å². The molecule has 48 valence electrons. The van der Waals surface area contributed by atoms with Crippen LogP contribution in [0, 0.1) is 0 Å². The zero-order valence-electron chi connectivity index (χ0n) is 5.46. The third-order valence-corrected chi connectivity index (χ3v) is 5.02. The topological polar surface area (TPSA) is 20.2 Å². The van der Waals surface area contributed by atoms with Gasteiger partial charge in [0.15, 0.2) is 0 Å². The number of hydrogen-bond donors (Lipinski definition) is 1. The number of aromatic hydroxyl groups is 1. The van der Waals surface area contributed by atoms with Gasteiger partial charge < -0.3 is 5.11 Å². The first-order valence-corrected chi connectivity index (χ1v) is 9.48. The minimum atomic E-state index is -0.0488. The second-order valence-electron chi connectivity index (χ2n) is 1.98. The summed E-state index contributed by atoms with van der Waals surface area (Å²) in [5.74, 6) is 0.499. The van der Waals surface area contributed by atoms with E-state index in [9.17, 15) is 0 Å². The molecule has 0 radical (unpaired) electrons. The Labute approximate surface area is 59.8 Å². The molecule has 0 heterocycles. The second-order valence-corrected chi connectivity index (χ2v) is 5.57. The van der Waals surface area contributed by atoms with Crippen molar-refractivity contribution in [1.29, 1.82) is 0 Å². The van der Waals surface area contributed by atoms with Gasteiger partial charge in [-0.2, -0.15) is 0 Å². The summed E-state index contributed by atoms with van der Waals surface area (Å²) in [6.07, 6.45) is 0. The van der Waals surface area contributed by atoms with Crippen LogP contribution in [0.2, 0.25) is 0 Å². The van der Waals surface area contributed by atoms with Crippen molar-refractivity contribution in [2.75, 3.05) is 0 Å². The average Bonchev–Trinajstić information content (AvgIpc) is 1.89. The molecule has 0 atom stereocenters. The summed E-state index contributed by atoms with van der Waals surface area (Å²) in [6.45, 7) is 0. The fourth-order valence-electron chi connectivity index (χ4n) is 0.810. The van der Waals surface area contributed by atoms with Gasteiger partial charge in [-0.3, -0.25) is 0 Å². The Hall–Kier alpha value is -0.546. The van der Waals surface area contributed by atoms with Gasteiger partial charge in [0.2, 0.25) is 0 Å². The van der Waals surface area contributed by atoms with E-state index >= 15 is 0 Å². The van der Waals surface area contributed by atoms with Crippen molar-refractivity contribution in [3.8, 4) is 5.75 Å². The summed E-state index contributed by atoms with van der Waals surface area (Å²) in [5, 5.41) is 10.4. The summed E-state index contributed by atoms with van der Waals surface area (Å²) >= 11 is 0. The second kappa shape index (κ2) is 2.84. The number of phenols is 1. The molecule has 0 aromatic heterocycles. The largest absolute Gasteiger partial charge is 0.508 e. The van der Waals surface area contributed by atoms with Gasteiger partial charge in [-0.1, -0.05) is 18.2 Å². The van der Waals surface area contributed by atoms with Crippen LogP contribution in [0.4, 0.5) is 0 Å². The first-order valence-electron chi connectivity index (χ1n) is 3.11. The van der Waals surface area contributed by atoms with Crippen LogP contribution in [0.15, 0.2) is 24.3 Å². The van der Waals surface area contributed by atoms with Gasteiger partial charge in [0, 0.05) is 9.04 Å². The summed E-state index contributed by atoms with van der Waals surface area (Å²) in [7, 11) is 1.21. The molecule has 0 amide bonds. The molecular weight excluding hydrogens is 144 g/mol. The minimum Gasteiger partial charge on any atom is -0.508 e. The molecule has 1 aromatic rings. The predicted molar refractivity (Wildman–Crippen MR) is 46.2 cm³/mol. The van der Waals surface area contributed by atoms with Gasteiger partial charge >= 0.3 is 0 Å². The Bertz CT molecular complexity index is 200. The van der Waals surface area contributed by atoms with Crippen LogP contribution in [0.25, 0.3) is 0 Å². The molecule has 0 saturated carbocycles. The van der Waals surface area contributed by atoms with Crippen molar-refractivity contribution >= 4 is 24.0 Å². The molecule has 1 rings (SSSR count). The molecule has 1 N–H and O–H groups in total. The van der Waals surface area contributed by atoms with Crippen molar-refractivity contribution in [1.82, 2.24) is 0 Å². The molecule has 0 saturated heterocycles. The van der Waals surface area contributed by atoms with Crippen LogP contribution in [-0.2, 0) is 0 Å². The van der Waals surface area contributed by atoms with Crippen molar-refractivity contribution in [3.63, 3.8) is 0 Å². The Balaban J connectivity index is 3.01. The maximum Gasteiger partial charge on any atom is 0.113 e.